The van der Waals surface area contributed by atoms with Crippen molar-refractivity contribution in [3.05, 3.63) is 55.4 Å². The zero-order valence-corrected chi connectivity index (χ0v) is 14.9. The molecular weight excluding hydrogens is 308 g/mol. The fourth-order valence-corrected chi connectivity index (χ4v) is 3.13. The molecule has 0 spiro atoms. The SMILES string of the molecule is Cc1c(C(c2c(O)cc(C)n(C)c2=O)C(C)C)c(O)cc(=O)n1C. The number of aromatic hydroxyl groups is 2. The van der Waals surface area contributed by atoms with Crippen LogP contribution in [0.1, 0.15) is 42.3 Å². The van der Waals surface area contributed by atoms with Gasteiger partial charge in [0.2, 0.25) is 0 Å². The first kappa shape index (κ1) is 17.8. The van der Waals surface area contributed by atoms with Crippen molar-refractivity contribution >= 4 is 0 Å². The van der Waals surface area contributed by atoms with Gasteiger partial charge in [-0.05, 0) is 25.8 Å². The van der Waals surface area contributed by atoms with Crippen LogP contribution in [0.25, 0.3) is 0 Å². The van der Waals surface area contributed by atoms with Crippen molar-refractivity contribution in [3.8, 4) is 11.5 Å². The second-order valence-electron chi connectivity index (χ2n) is 6.60. The van der Waals surface area contributed by atoms with Crippen LogP contribution in [0.15, 0.2) is 21.7 Å². The molecule has 2 heterocycles. The maximum Gasteiger partial charge on any atom is 0.258 e. The smallest absolute Gasteiger partial charge is 0.258 e. The molecule has 0 bridgehead atoms. The van der Waals surface area contributed by atoms with E-state index >= 15 is 0 Å². The zero-order chi connectivity index (χ0) is 18.3. The van der Waals surface area contributed by atoms with Crippen molar-refractivity contribution in [2.45, 2.75) is 33.6 Å². The van der Waals surface area contributed by atoms with E-state index in [0.29, 0.717) is 17.0 Å². The van der Waals surface area contributed by atoms with E-state index in [4.69, 9.17) is 0 Å². The molecule has 6 heteroatoms. The maximum absolute atomic E-state index is 12.8. The lowest BCUT2D eigenvalue weighted by molar-refractivity contribution is 0.425. The van der Waals surface area contributed by atoms with Crippen molar-refractivity contribution in [1.82, 2.24) is 9.13 Å². The average Bonchev–Trinajstić information content (AvgIpc) is 2.48. The van der Waals surface area contributed by atoms with E-state index in [1.807, 2.05) is 13.8 Å². The van der Waals surface area contributed by atoms with E-state index in [0.717, 1.165) is 6.07 Å². The van der Waals surface area contributed by atoms with Gasteiger partial charge in [-0.15, -0.1) is 0 Å². The largest absolute Gasteiger partial charge is 0.507 e. The van der Waals surface area contributed by atoms with Crippen molar-refractivity contribution in [2.75, 3.05) is 0 Å². The van der Waals surface area contributed by atoms with E-state index < -0.39 is 5.92 Å². The highest BCUT2D eigenvalue weighted by Gasteiger charge is 2.30. The first-order valence-electron chi connectivity index (χ1n) is 7.86. The summed E-state index contributed by atoms with van der Waals surface area (Å²) in [6.45, 7) is 7.28. The average molecular weight is 332 g/mol. The second-order valence-corrected chi connectivity index (χ2v) is 6.60. The van der Waals surface area contributed by atoms with Gasteiger partial charge in [-0.25, -0.2) is 0 Å². The van der Waals surface area contributed by atoms with Crippen LogP contribution < -0.4 is 11.1 Å². The Labute approximate surface area is 140 Å². The number of rotatable bonds is 3. The molecule has 24 heavy (non-hydrogen) atoms. The molecule has 2 aromatic rings. The standard InChI is InChI=1S/C18H24N2O4/c1-9(2)15(16-11(4)20(6)14(23)8-13(16)22)17-12(21)7-10(3)19(5)18(17)24/h7-9,15,21-22H,1-6H3. The third-order valence-electron chi connectivity index (χ3n) is 4.73. The molecule has 2 rings (SSSR count). The van der Waals surface area contributed by atoms with E-state index in [2.05, 4.69) is 0 Å². The minimum absolute atomic E-state index is 0.0755. The van der Waals surface area contributed by atoms with Gasteiger partial charge in [0.25, 0.3) is 11.1 Å². The maximum atomic E-state index is 12.8. The molecule has 6 nitrogen and oxygen atoms in total. The number of aromatic nitrogens is 2. The van der Waals surface area contributed by atoms with Gasteiger partial charge in [0.15, 0.2) is 0 Å². The van der Waals surface area contributed by atoms with Crippen molar-refractivity contribution in [1.29, 1.82) is 0 Å². The molecule has 0 aliphatic rings. The minimum Gasteiger partial charge on any atom is -0.507 e. The van der Waals surface area contributed by atoms with Crippen LogP contribution in [0.4, 0.5) is 0 Å². The van der Waals surface area contributed by atoms with Gasteiger partial charge >= 0.3 is 0 Å². The molecule has 0 aliphatic carbocycles. The predicted molar refractivity (Wildman–Crippen MR) is 92.9 cm³/mol. The molecule has 0 saturated carbocycles. The fraction of sp³-hybridized carbons (Fsp3) is 0.444. The predicted octanol–water partition coefficient (Wildman–Crippen LogP) is 1.90. The van der Waals surface area contributed by atoms with E-state index in [-0.39, 0.29) is 34.1 Å². The van der Waals surface area contributed by atoms with E-state index in [1.54, 1.807) is 34.0 Å². The fourth-order valence-electron chi connectivity index (χ4n) is 3.13. The number of nitrogens with zero attached hydrogens (tertiary/aromatic N) is 2. The van der Waals surface area contributed by atoms with Crippen molar-refractivity contribution in [3.63, 3.8) is 0 Å². The van der Waals surface area contributed by atoms with Crippen LogP contribution in [0.2, 0.25) is 0 Å². The summed E-state index contributed by atoms with van der Waals surface area (Å²) in [7, 11) is 3.26. The third-order valence-corrected chi connectivity index (χ3v) is 4.73. The van der Waals surface area contributed by atoms with Gasteiger partial charge in [-0.2, -0.15) is 0 Å². The summed E-state index contributed by atoms with van der Waals surface area (Å²) in [6, 6.07) is 2.69. The molecular formula is C18H24N2O4. The van der Waals surface area contributed by atoms with Gasteiger partial charge in [0.05, 0.1) is 5.56 Å². The molecule has 0 aromatic carbocycles. The van der Waals surface area contributed by atoms with Gasteiger partial charge in [0.1, 0.15) is 11.5 Å². The highest BCUT2D eigenvalue weighted by atomic mass is 16.3. The number of hydrogen-bond donors (Lipinski definition) is 2. The highest BCUT2D eigenvalue weighted by Crippen LogP contribution is 2.39. The molecule has 1 atom stereocenters. The molecule has 0 radical (unpaired) electrons. The minimum atomic E-state index is -0.531. The van der Waals surface area contributed by atoms with Crippen LogP contribution in [0.5, 0.6) is 11.5 Å². The Hall–Kier alpha value is -2.50. The van der Waals surface area contributed by atoms with Gasteiger partial charge in [-0.3, -0.25) is 9.59 Å². The molecule has 0 aliphatic heterocycles. The summed E-state index contributed by atoms with van der Waals surface area (Å²) in [4.78, 5) is 24.6. The van der Waals surface area contributed by atoms with Crippen LogP contribution in [0, 0.1) is 19.8 Å². The summed E-state index contributed by atoms with van der Waals surface area (Å²) < 4.78 is 2.90. The molecule has 130 valence electrons. The third kappa shape index (κ3) is 2.72. The van der Waals surface area contributed by atoms with Crippen molar-refractivity contribution in [2.24, 2.45) is 20.0 Å². The Kier molecular flexibility index (Phi) is 4.60. The highest BCUT2D eigenvalue weighted by molar-refractivity contribution is 5.48. The quantitative estimate of drug-likeness (QED) is 0.899. The Balaban J connectivity index is 2.90. The molecule has 2 aromatic heterocycles. The molecule has 0 fully saturated rings. The number of hydrogen-bond acceptors (Lipinski definition) is 4. The molecule has 0 saturated heterocycles. The normalized spacial score (nSPS) is 12.6. The van der Waals surface area contributed by atoms with E-state index in [9.17, 15) is 19.8 Å². The summed E-state index contributed by atoms with van der Waals surface area (Å²) in [6.07, 6.45) is 0. The Morgan fingerprint density at radius 2 is 1.46 bits per heavy atom. The van der Waals surface area contributed by atoms with Crippen LogP contribution in [-0.2, 0) is 14.1 Å². The molecule has 2 N–H and O–H groups in total. The lowest BCUT2D eigenvalue weighted by atomic mass is 9.81. The number of aryl methyl sites for hydroxylation is 1. The lowest BCUT2D eigenvalue weighted by Crippen LogP contribution is -2.29. The Morgan fingerprint density at radius 3 is 2.00 bits per heavy atom. The van der Waals surface area contributed by atoms with Gasteiger partial charge < -0.3 is 19.3 Å². The summed E-state index contributed by atoms with van der Waals surface area (Å²) in [5.41, 5.74) is 1.31. The van der Waals surface area contributed by atoms with Gasteiger partial charge in [-0.1, -0.05) is 13.8 Å². The van der Waals surface area contributed by atoms with E-state index in [1.165, 1.54) is 9.13 Å². The van der Waals surface area contributed by atoms with Crippen LogP contribution >= 0.6 is 0 Å². The first-order valence-corrected chi connectivity index (χ1v) is 7.86. The van der Waals surface area contributed by atoms with Crippen LogP contribution in [0.3, 0.4) is 0 Å². The summed E-state index contributed by atoms with van der Waals surface area (Å²) in [5.74, 6) is -0.859. The zero-order valence-electron chi connectivity index (χ0n) is 14.9. The Bertz CT molecular complexity index is 907. The van der Waals surface area contributed by atoms with Crippen LogP contribution in [-0.4, -0.2) is 19.3 Å². The monoisotopic (exact) mass is 332 g/mol. The summed E-state index contributed by atoms with van der Waals surface area (Å²) in [5, 5.41) is 20.8. The topological polar surface area (TPSA) is 84.5 Å². The summed E-state index contributed by atoms with van der Waals surface area (Å²) >= 11 is 0. The molecule has 1 unspecified atom stereocenters. The lowest BCUT2D eigenvalue weighted by Gasteiger charge is -2.26. The second kappa shape index (κ2) is 6.19. The Morgan fingerprint density at radius 1 is 0.917 bits per heavy atom. The molecule has 0 amide bonds. The van der Waals surface area contributed by atoms with Crippen molar-refractivity contribution < 1.29 is 10.2 Å². The van der Waals surface area contributed by atoms with Gasteiger partial charge in [0, 0.05) is 43.0 Å². The number of pyridine rings is 2. The first-order chi connectivity index (χ1) is 11.1.